The van der Waals surface area contributed by atoms with Gasteiger partial charge >= 0.3 is 0 Å². The first kappa shape index (κ1) is 30.4. The minimum absolute atomic E-state index is 0.120. The number of benzene rings is 8. The molecule has 12 rings (SSSR count). The third-order valence-electron chi connectivity index (χ3n) is 12.1. The van der Waals surface area contributed by atoms with Gasteiger partial charge in [-0.2, -0.15) is 0 Å². The van der Waals surface area contributed by atoms with Gasteiger partial charge in [-0.05, 0) is 70.1 Å². The Labute approximate surface area is 317 Å². The van der Waals surface area contributed by atoms with Crippen LogP contribution >= 0.6 is 0 Å². The fraction of sp³-hybridized carbons (Fsp3) is 0.0588. The van der Waals surface area contributed by atoms with Crippen molar-refractivity contribution in [2.24, 2.45) is 0 Å². The van der Waals surface area contributed by atoms with Crippen LogP contribution in [-0.4, -0.2) is 19.1 Å². The van der Waals surface area contributed by atoms with Crippen molar-refractivity contribution in [3.63, 3.8) is 0 Å². The van der Waals surface area contributed by atoms with Crippen molar-refractivity contribution in [1.82, 2.24) is 19.1 Å². The molecule has 55 heavy (non-hydrogen) atoms. The summed E-state index contributed by atoms with van der Waals surface area (Å²) in [5.74, 6) is 0.820. The molecule has 0 unspecified atom stereocenters. The smallest absolute Gasteiger partial charge is 0.165 e. The van der Waals surface area contributed by atoms with Crippen LogP contribution in [0.5, 0.6) is 0 Å². The highest BCUT2D eigenvalue weighted by Crippen LogP contribution is 2.50. The molecule has 0 fully saturated rings. The van der Waals surface area contributed by atoms with Gasteiger partial charge in [-0.1, -0.05) is 141 Å². The van der Waals surface area contributed by atoms with Crippen LogP contribution in [0.3, 0.4) is 0 Å². The van der Waals surface area contributed by atoms with Crippen LogP contribution in [0.15, 0.2) is 170 Å². The zero-order valence-corrected chi connectivity index (χ0v) is 30.5. The lowest BCUT2D eigenvalue weighted by atomic mass is 9.82. The molecule has 0 spiro atoms. The summed E-state index contributed by atoms with van der Waals surface area (Å²) < 4.78 is 4.85. The Bertz CT molecular complexity index is 3400. The highest BCUT2D eigenvalue weighted by molar-refractivity contribution is 6.23. The van der Waals surface area contributed by atoms with Gasteiger partial charge in [0, 0.05) is 43.6 Å². The Morgan fingerprint density at radius 1 is 0.436 bits per heavy atom. The normalized spacial score (nSPS) is 13.4. The van der Waals surface area contributed by atoms with Crippen molar-refractivity contribution in [3.8, 4) is 33.9 Å². The lowest BCUT2D eigenvalue weighted by molar-refractivity contribution is 0.660. The fourth-order valence-corrected chi connectivity index (χ4v) is 9.50. The van der Waals surface area contributed by atoms with E-state index in [9.17, 15) is 0 Å². The van der Waals surface area contributed by atoms with Crippen molar-refractivity contribution in [3.05, 3.63) is 181 Å². The van der Waals surface area contributed by atoms with E-state index in [0.29, 0.717) is 0 Å². The van der Waals surface area contributed by atoms with Crippen molar-refractivity contribution in [2.45, 2.75) is 19.3 Å². The molecule has 4 nitrogen and oxygen atoms in total. The average Bonchev–Trinajstić information content (AvgIpc) is 3.82. The zero-order chi connectivity index (χ0) is 36.4. The minimum Gasteiger partial charge on any atom is -0.309 e. The van der Waals surface area contributed by atoms with Crippen molar-refractivity contribution >= 4 is 65.4 Å². The summed E-state index contributed by atoms with van der Waals surface area (Å²) in [4.78, 5) is 10.7. The van der Waals surface area contributed by atoms with Gasteiger partial charge in [0.1, 0.15) is 5.69 Å². The van der Waals surface area contributed by atoms with Crippen LogP contribution < -0.4 is 0 Å². The highest BCUT2D eigenvalue weighted by Gasteiger charge is 2.35. The number of hydrogen-bond acceptors (Lipinski definition) is 2. The van der Waals surface area contributed by atoms with E-state index < -0.39 is 0 Å². The molecule has 1 aliphatic rings. The van der Waals surface area contributed by atoms with Gasteiger partial charge in [-0.3, -0.25) is 4.57 Å². The molecule has 3 aromatic heterocycles. The number of hydrogen-bond donors (Lipinski definition) is 0. The van der Waals surface area contributed by atoms with Gasteiger partial charge < -0.3 is 4.57 Å². The molecule has 0 N–H and O–H groups in total. The van der Waals surface area contributed by atoms with E-state index in [0.717, 1.165) is 50.3 Å². The molecule has 0 saturated heterocycles. The topological polar surface area (TPSA) is 35.6 Å². The molecule has 0 bridgehead atoms. The lowest BCUT2D eigenvalue weighted by Gasteiger charge is -2.22. The van der Waals surface area contributed by atoms with E-state index >= 15 is 0 Å². The van der Waals surface area contributed by atoms with Gasteiger partial charge in [0.05, 0.1) is 33.1 Å². The van der Waals surface area contributed by atoms with Crippen molar-refractivity contribution in [1.29, 1.82) is 0 Å². The maximum atomic E-state index is 5.41. The molecule has 0 amide bonds. The molecule has 0 radical (unpaired) electrons. The van der Waals surface area contributed by atoms with Crippen LogP contribution in [0.1, 0.15) is 25.0 Å². The summed E-state index contributed by atoms with van der Waals surface area (Å²) in [6, 6.07) is 61.5. The quantitative estimate of drug-likeness (QED) is 0.184. The first-order chi connectivity index (χ1) is 27.0. The molecule has 4 heteroatoms. The van der Waals surface area contributed by atoms with Crippen LogP contribution in [0.25, 0.3) is 99.3 Å². The third-order valence-corrected chi connectivity index (χ3v) is 12.1. The minimum atomic E-state index is -0.120. The predicted octanol–water partition coefficient (Wildman–Crippen LogP) is 13.0. The largest absolute Gasteiger partial charge is 0.309 e. The standard InChI is InChI=1S/C51H34N4/c1-51(2)41-20-10-8-18-35(41)36-27-25-33(28-42(36)51)54-46-30-47-39(29-40(46)38-26-24-31-14-6-7-17-34(31)49(38)54)37-19-9-13-23-45(37)55(47)50-48(32-15-4-3-5-16-32)52-43-21-11-12-22-44(43)53-50/h3-30H,1-2H3. The Hall–Kier alpha value is -7.04. The molecular weight excluding hydrogens is 669 g/mol. The second-order valence-corrected chi connectivity index (χ2v) is 15.4. The fourth-order valence-electron chi connectivity index (χ4n) is 9.50. The zero-order valence-electron chi connectivity index (χ0n) is 30.5. The molecule has 11 aromatic rings. The van der Waals surface area contributed by atoms with Crippen LogP contribution in [-0.2, 0) is 5.41 Å². The molecule has 0 aliphatic heterocycles. The SMILES string of the molecule is CC1(C)c2ccccc2-c2ccc(-n3c4cc5c(cc4c4ccc6ccccc6c43)c3ccccc3n5-c3nc4ccccc4nc3-c3ccccc3)cc21. The Morgan fingerprint density at radius 2 is 1.11 bits per heavy atom. The second-order valence-electron chi connectivity index (χ2n) is 15.4. The van der Waals surface area contributed by atoms with Gasteiger partial charge in [0.15, 0.2) is 5.82 Å². The number of rotatable bonds is 3. The van der Waals surface area contributed by atoms with Crippen LogP contribution in [0.2, 0.25) is 0 Å². The van der Waals surface area contributed by atoms with Gasteiger partial charge in [-0.25, -0.2) is 9.97 Å². The van der Waals surface area contributed by atoms with E-state index in [2.05, 4.69) is 175 Å². The molecule has 0 atom stereocenters. The summed E-state index contributed by atoms with van der Waals surface area (Å²) in [6.45, 7) is 4.72. The van der Waals surface area contributed by atoms with Crippen LogP contribution in [0, 0.1) is 0 Å². The molecular formula is C51H34N4. The summed E-state index contributed by atoms with van der Waals surface area (Å²) in [5, 5.41) is 7.31. The van der Waals surface area contributed by atoms with E-state index in [1.807, 2.05) is 18.2 Å². The number of nitrogens with zero attached hydrogens (tertiary/aromatic N) is 4. The predicted molar refractivity (Wildman–Crippen MR) is 229 cm³/mol. The number of aromatic nitrogens is 4. The van der Waals surface area contributed by atoms with Crippen molar-refractivity contribution in [2.75, 3.05) is 0 Å². The Kier molecular flexibility index (Phi) is 6.09. The maximum absolute atomic E-state index is 5.41. The molecule has 3 heterocycles. The summed E-state index contributed by atoms with van der Waals surface area (Å²) in [6.07, 6.45) is 0. The molecule has 1 aliphatic carbocycles. The van der Waals surface area contributed by atoms with Crippen LogP contribution in [0.4, 0.5) is 0 Å². The van der Waals surface area contributed by atoms with E-state index in [4.69, 9.17) is 9.97 Å². The summed E-state index contributed by atoms with van der Waals surface area (Å²) in [7, 11) is 0. The van der Waals surface area contributed by atoms with E-state index in [1.54, 1.807) is 0 Å². The van der Waals surface area contributed by atoms with Gasteiger partial charge in [0.2, 0.25) is 0 Å². The molecule has 8 aromatic carbocycles. The highest BCUT2D eigenvalue weighted by atomic mass is 15.1. The van der Waals surface area contributed by atoms with E-state index in [-0.39, 0.29) is 5.41 Å². The monoisotopic (exact) mass is 702 g/mol. The first-order valence-corrected chi connectivity index (χ1v) is 19.0. The molecule has 258 valence electrons. The maximum Gasteiger partial charge on any atom is 0.165 e. The first-order valence-electron chi connectivity index (χ1n) is 19.0. The molecule has 0 saturated carbocycles. The third kappa shape index (κ3) is 4.17. The Morgan fingerprint density at radius 3 is 1.98 bits per heavy atom. The Balaban J connectivity index is 1.23. The summed E-state index contributed by atoms with van der Waals surface area (Å²) >= 11 is 0. The average molecular weight is 703 g/mol. The van der Waals surface area contributed by atoms with Gasteiger partial charge in [-0.15, -0.1) is 0 Å². The lowest BCUT2D eigenvalue weighted by Crippen LogP contribution is -2.15. The van der Waals surface area contributed by atoms with Gasteiger partial charge in [0.25, 0.3) is 0 Å². The second kappa shape index (κ2) is 11.0. The summed E-state index contributed by atoms with van der Waals surface area (Å²) in [5.41, 5.74) is 14.6. The number of para-hydroxylation sites is 3. The van der Waals surface area contributed by atoms with E-state index in [1.165, 1.54) is 60.1 Å². The number of fused-ring (bicyclic) bond motifs is 12. The van der Waals surface area contributed by atoms with Crippen molar-refractivity contribution < 1.29 is 0 Å².